The molecule has 1 heterocycles. The quantitative estimate of drug-likeness (QED) is 0.162. The highest BCUT2D eigenvalue weighted by Gasteiger charge is 2.33. The molecule has 9 nitrogen and oxygen atoms in total. The van der Waals surface area contributed by atoms with Crippen molar-refractivity contribution in [2.45, 2.75) is 37.6 Å². The molecule has 2 amide bonds. The molecule has 0 saturated carbocycles. The van der Waals surface area contributed by atoms with Crippen molar-refractivity contribution >= 4 is 62.4 Å². The van der Waals surface area contributed by atoms with Gasteiger partial charge in [-0.1, -0.05) is 116 Å². The lowest BCUT2D eigenvalue weighted by Crippen LogP contribution is -2.55. The standard InChI is InChI=1S/C33H33N3O6S2/c1-20(2)28(30(38)35-26(31(39)40)17-23-18-34-25-16-10-9-15-24(23)25)36-29(37)27(44-33(42)22-13-7-4-8-14-22)19-43-32(41)21-11-5-3-6-12-21/h3-16,18,20,26-28,34H,17,19H2,1-2H3,(H,35,38)(H,36,37)(H,39,40)/t26-,27-,28-/m0/s1. The van der Waals surface area contributed by atoms with E-state index in [0.29, 0.717) is 11.1 Å². The highest BCUT2D eigenvalue weighted by Crippen LogP contribution is 2.25. The molecule has 228 valence electrons. The Balaban J connectivity index is 1.48. The molecular weight excluding hydrogens is 599 g/mol. The van der Waals surface area contributed by atoms with Crippen molar-refractivity contribution in [1.29, 1.82) is 0 Å². The Morgan fingerprint density at radius 3 is 1.98 bits per heavy atom. The van der Waals surface area contributed by atoms with Gasteiger partial charge in [-0.05, 0) is 17.5 Å². The van der Waals surface area contributed by atoms with E-state index in [0.717, 1.165) is 40.0 Å². The Kier molecular flexibility index (Phi) is 11.4. The third-order valence-electron chi connectivity index (χ3n) is 6.89. The Labute approximate surface area is 263 Å². The molecule has 0 aliphatic carbocycles. The summed E-state index contributed by atoms with van der Waals surface area (Å²) in [5.74, 6) is -2.91. The monoisotopic (exact) mass is 631 g/mol. The van der Waals surface area contributed by atoms with Crippen molar-refractivity contribution < 1.29 is 29.1 Å². The van der Waals surface area contributed by atoms with E-state index in [1.54, 1.807) is 80.7 Å². The van der Waals surface area contributed by atoms with E-state index < -0.39 is 41.0 Å². The van der Waals surface area contributed by atoms with Crippen LogP contribution in [0, 0.1) is 5.92 Å². The minimum atomic E-state index is -1.25. The van der Waals surface area contributed by atoms with Crippen LogP contribution in [0.3, 0.4) is 0 Å². The SMILES string of the molecule is CC(C)[C@H](NC(=O)[C@H](CSC(=O)c1ccccc1)SC(=O)c1ccccc1)C(=O)N[C@@H](Cc1c[nH]c2ccccc12)C(=O)O. The van der Waals surface area contributed by atoms with Crippen LogP contribution in [0.1, 0.15) is 40.1 Å². The molecule has 0 radical (unpaired) electrons. The van der Waals surface area contributed by atoms with Gasteiger partial charge in [0.05, 0.1) is 0 Å². The number of para-hydroxylation sites is 1. The number of carbonyl (C=O) groups excluding carboxylic acids is 4. The smallest absolute Gasteiger partial charge is 0.326 e. The fourth-order valence-corrected chi connectivity index (χ4v) is 6.45. The molecule has 0 spiro atoms. The summed E-state index contributed by atoms with van der Waals surface area (Å²) < 4.78 is 0. The number of hydrogen-bond acceptors (Lipinski definition) is 7. The second-order valence-corrected chi connectivity index (χ2v) is 12.6. The maximum atomic E-state index is 13.6. The normalized spacial score (nSPS) is 13.2. The second kappa shape index (κ2) is 15.4. The van der Waals surface area contributed by atoms with Gasteiger partial charge in [-0.25, -0.2) is 4.79 Å². The average molecular weight is 632 g/mol. The summed E-state index contributed by atoms with van der Waals surface area (Å²) in [4.78, 5) is 68.1. The Morgan fingerprint density at radius 1 is 0.773 bits per heavy atom. The Morgan fingerprint density at radius 2 is 1.36 bits per heavy atom. The van der Waals surface area contributed by atoms with E-state index in [-0.39, 0.29) is 22.4 Å². The first-order chi connectivity index (χ1) is 21.1. The van der Waals surface area contributed by atoms with Crippen molar-refractivity contribution in [2.24, 2.45) is 5.92 Å². The predicted molar refractivity (Wildman–Crippen MR) is 174 cm³/mol. The van der Waals surface area contributed by atoms with Crippen LogP contribution in [0.25, 0.3) is 10.9 Å². The van der Waals surface area contributed by atoms with E-state index in [4.69, 9.17) is 0 Å². The molecule has 0 unspecified atom stereocenters. The van der Waals surface area contributed by atoms with Gasteiger partial charge >= 0.3 is 5.97 Å². The number of aromatic nitrogens is 1. The van der Waals surface area contributed by atoms with Gasteiger partial charge in [0.2, 0.25) is 22.0 Å². The van der Waals surface area contributed by atoms with Gasteiger partial charge in [-0.3, -0.25) is 19.2 Å². The molecule has 4 rings (SSSR count). The van der Waals surface area contributed by atoms with Gasteiger partial charge in [0.1, 0.15) is 17.3 Å². The van der Waals surface area contributed by atoms with Crippen LogP contribution < -0.4 is 10.6 Å². The largest absolute Gasteiger partial charge is 0.480 e. The molecule has 44 heavy (non-hydrogen) atoms. The van der Waals surface area contributed by atoms with Crippen molar-refractivity contribution in [1.82, 2.24) is 15.6 Å². The number of benzene rings is 3. The molecule has 0 bridgehead atoms. The van der Waals surface area contributed by atoms with Crippen LogP contribution in [0.5, 0.6) is 0 Å². The molecule has 0 saturated heterocycles. The van der Waals surface area contributed by atoms with Crippen molar-refractivity contribution in [3.63, 3.8) is 0 Å². The predicted octanol–water partition coefficient (Wildman–Crippen LogP) is 4.94. The first-order valence-electron chi connectivity index (χ1n) is 14.0. The van der Waals surface area contributed by atoms with Gasteiger partial charge in [-0.2, -0.15) is 0 Å². The number of hydrogen-bond donors (Lipinski definition) is 4. The van der Waals surface area contributed by atoms with Gasteiger partial charge in [-0.15, -0.1) is 0 Å². The zero-order valence-corrected chi connectivity index (χ0v) is 25.8. The first kappa shape index (κ1) is 32.6. The van der Waals surface area contributed by atoms with Gasteiger partial charge in [0, 0.05) is 40.4 Å². The van der Waals surface area contributed by atoms with E-state index >= 15 is 0 Å². The van der Waals surface area contributed by atoms with Gasteiger partial charge in [0.25, 0.3) is 0 Å². The zero-order chi connectivity index (χ0) is 31.6. The summed E-state index contributed by atoms with van der Waals surface area (Å²) in [7, 11) is 0. The lowest BCUT2D eigenvalue weighted by molar-refractivity contribution is -0.142. The van der Waals surface area contributed by atoms with Crippen LogP contribution >= 0.6 is 23.5 Å². The van der Waals surface area contributed by atoms with Crippen molar-refractivity contribution in [3.8, 4) is 0 Å². The summed E-state index contributed by atoms with van der Waals surface area (Å²) in [6.45, 7) is 3.45. The number of nitrogens with one attached hydrogen (secondary N) is 3. The van der Waals surface area contributed by atoms with E-state index in [9.17, 15) is 29.1 Å². The summed E-state index contributed by atoms with van der Waals surface area (Å²) in [6, 6.07) is 22.2. The summed E-state index contributed by atoms with van der Waals surface area (Å²) >= 11 is 1.69. The maximum absolute atomic E-state index is 13.6. The van der Waals surface area contributed by atoms with E-state index in [1.807, 2.05) is 24.3 Å². The lowest BCUT2D eigenvalue weighted by Gasteiger charge is -2.26. The highest BCUT2D eigenvalue weighted by atomic mass is 32.2. The number of rotatable bonds is 13. The molecule has 3 atom stereocenters. The second-order valence-electron chi connectivity index (χ2n) is 10.4. The minimum Gasteiger partial charge on any atom is -0.480 e. The Bertz CT molecular complexity index is 1620. The highest BCUT2D eigenvalue weighted by molar-refractivity contribution is 8.18. The molecule has 3 aromatic carbocycles. The van der Waals surface area contributed by atoms with Crippen LogP contribution in [0.4, 0.5) is 0 Å². The fraction of sp³-hybridized carbons (Fsp3) is 0.242. The topological polar surface area (TPSA) is 145 Å². The maximum Gasteiger partial charge on any atom is 0.326 e. The number of carboxylic acids is 1. The molecule has 0 aliphatic rings. The number of fused-ring (bicyclic) bond motifs is 1. The van der Waals surface area contributed by atoms with Crippen molar-refractivity contribution in [3.05, 3.63) is 108 Å². The molecule has 4 aromatic rings. The molecule has 0 aliphatic heterocycles. The molecule has 0 fully saturated rings. The fourth-order valence-electron chi connectivity index (χ4n) is 4.51. The Hall–Kier alpha value is -4.35. The number of H-pyrrole nitrogens is 1. The zero-order valence-electron chi connectivity index (χ0n) is 24.2. The van der Waals surface area contributed by atoms with Gasteiger partial charge in [0.15, 0.2) is 0 Å². The molecular formula is C33H33N3O6S2. The molecule has 1 aromatic heterocycles. The summed E-state index contributed by atoms with van der Waals surface area (Å²) in [5.41, 5.74) is 2.44. The number of carboxylic acid groups (broad SMARTS) is 1. The van der Waals surface area contributed by atoms with E-state index in [1.165, 1.54) is 0 Å². The lowest BCUT2D eigenvalue weighted by atomic mass is 10.0. The minimum absolute atomic E-state index is 0.0203. The van der Waals surface area contributed by atoms with Gasteiger partial charge < -0.3 is 20.7 Å². The summed E-state index contributed by atoms with van der Waals surface area (Å²) in [5, 5.41) is 14.5. The van der Waals surface area contributed by atoms with Crippen LogP contribution in [-0.4, -0.2) is 61.2 Å². The van der Waals surface area contributed by atoms with Crippen LogP contribution in [-0.2, 0) is 20.8 Å². The third-order valence-corrected chi connectivity index (χ3v) is 9.21. The van der Waals surface area contributed by atoms with Crippen LogP contribution in [0.15, 0.2) is 91.1 Å². The van der Waals surface area contributed by atoms with E-state index in [2.05, 4.69) is 15.6 Å². The van der Waals surface area contributed by atoms with Crippen molar-refractivity contribution in [2.75, 3.05) is 5.75 Å². The third kappa shape index (κ3) is 8.61. The van der Waals surface area contributed by atoms with Crippen LogP contribution in [0.2, 0.25) is 0 Å². The molecule has 11 heteroatoms. The average Bonchev–Trinajstić information content (AvgIpc) is 3.44. The molecule has 4 N–H and O–H groups in total. The number of aromatic amines is 1. The number of thioether (sulfide) groups is 2. The number of amides is 2. The first-order valence-corrected chi connectivity index (χ1v) is 15.9. The number of carbonyl (C=O) groups is 5. The number of aliphatic carboxylic acids is 1. The summed E-state index contributed by atoms with van der Waals surface area (Å²) in [6.07, 6.45) is 1.75.